The van der Waals surface area contributed by atoms with Gasteiger partial charge in [-0.2, -0.15) is 0 Å². The van der Waals surface area contributed by atoms with Crippen molar-refractivity contribution in [1.82, 2.24) is 0 Å². The van der Waals surface area contributed by atoms with Gasteiger partial charge in [-0.15, -0.1) is 0 Å². The molecule has 1 N–H and O–H groups in total. The third kappa shape index (κ3) is 16.5. The van der Waals surface area contributed by atoms with Crippen LogP contribution in [0.3, 0.4) is 0 Å². The Morgan fingerprint density at radius 2 is 1.38 bits per heavy atom. The normalized spacial score (nSPS) is 26.2. The number of cyclic esters (lactones) is 1. The highest BCUT2D eigenvalue weighted by Crippen LogP contribution is 2.39. The molecule has 0 bridgehead atoms. The van der Waals surface area contributed by atoms with Crippen molar-refractivity contribution in [3.05, 3.63) is 11.6 Å². The summed E-state index contributed by atoms with van der Waals surface area (Å²) in [4.78, 5) is 12.3. The van der Waals surface area contributed by atoms with E-state index in [1.165, 1.54) is 83.5 Å². The highest BCUT2D eigenvalue weighted by molar-refractivity contribution is 6.74. The van der Waals surface area contributed by atoms with Crippen LogP contribution in [-0.4, -0.2) is 67.9 Å². The molecule has 0 unspecified atom stereocenters. The van der Waals surface area contributed by atoms with E-state index in [-0.39, 0.29) is 47.6 Å². The molecule has 0 aromatic heterocycles. The molecule has 3 aliphatic rings. The Bertz CT molecular complexity index is 1040. The minimum atomic E-state index is -1.95. The Morgan fingerprint density at radius 1 is 0.827 bits per heavy atom. The largest absolute Gasteiger partial charge is 0.455 e. The van der Waals surface area contributed by atoms with Crippen LogP contribution in [0, 0.1) is 0 Å². The summed E-state index contributed by atoms with van der Waals surface area (Å²) in [5, 5.41) is 11.2. The van der Waals surface area contributed by atoms with Gasteiger partial charge in [0.2, 0.25) is 0 Å². The van der Waals surface area contributed by atoms with E-state index in [0.717, 1.165) is 56.9 Å². The molecule has 7 nitrogen and oxygen atoms in total. The van der Waals surface area contributed by atoms with Crippen LogP contribution in [0.2, 0.25) is 18.1 Å². The summed E-state index contributed by atoms with van der Waals surface area (Å²) in [7, 11) is -1.95. The number of rotatable bonds is 27. The highest BCUT2D eigenvalue weighted by Gasteiger charge is 2.42. The first-order chi connectivity index (χ1) is 24.6. The molecule has 8 heteroatoms. The fourth-order valence-corrected chi connectivity index (χ4v) is 9.47. The fraction of sp³-hybridized carbons (Fsp3) is 0.932. The first-order valence-corrected chi connectivity index (χ1v) is 24.8. The fourth-order valence-electron chi connectivity index (χ4n) is 8.08. The lowest BCUT2D eigenvalue weighted by atomic mass is 9.97. The van der Waals surface area contributed by atoms with Crippen LogP contribution >= 0.6 is 0 Å². The molecule has 3 aliphatic heterocycles. The third-order valence-electron chi connectivity index (χ3n) is 12.2. The van der Waals surface area contributed by atoms with Crippen molar-refractivity contribution in [3.63, 3.8) is 0 Å². The average molecular weight is 751 g/mol. The van der Waals surface area contributed by atoms with Gasteiger partial charge in [0, 0.05) is 18.1 Å². The van der Waals surface area contributed by atoms with Crippen molar-refractivity contribution in [2.45, 2.75) is 263 Å². The highest BCUT2D eigenvalue weighted by atomic mass is 28.4. The summed E-state index contributed by atoms with van der Waals surface area (Å²) in [6, 6.07) is 0. The number of esters is 1. The molecule has 2 saturated heterocycles. The smallest absolute Gasteiger partial charge is 0.334 e. The summed E-state index contributed by atoms with van der Waals surface area (Å²) in [6.07, 6.45) is 28.3. The molecule has 7 atom stereocenters. The molecular formula is C44H82O7Si. The first kappa shape index (κ1) is 45.6. The van der Waals surface area contributed by atoms with E-state index in [9.17, 15) is 9.90 Å². The molecule has 0 spiro atoms. The summed E-state index contributed by atoms with van der Waals surface area (Å²) in [5.41, 5.74) is 0.782. The minimum absolute atomic E-state index is 0.0503. The second kappa shape index (κ2) is 22.7. The van der Waals surface area contributed by atoms with E-state index in [4.69, 9.17) is 23.4 Å². The second-order valence-electron chi connectivity index (χ2n) is 18.6. The van der Waals surface area contributed by atoms with Crippen molar-refractivity contribution in [2.24, 2.45) is 0 Å². The van der Waals surface area contributed by atoms with Crippen LogP contribution < -0.4 is 0 Å². The number of ether oxygens (including phenoxy) is 4. The van der Waals surface area contributed by atoms with Crippen molar-refractivity contribution in [3.8, 4) is 0 Å². The van der Waals surface area contributed by atoms with E-state index in [2.05, 4.69) is 40.8 Å². The molecule has 0 saturated carbocycles. The zero-order valence-electron chi connectivity index (χ0n) is 35.3. The topological polar surface area (TPSA) is 83.5 Å². The molecule has 0 aliphatic carbocycles. The van der Waals surface area contributed by atoms with Gasteiger partial charge in [0.1, 0.15) is 6.10 Å². The maximum Gasteiger partial charge on any atom is 0.334 e. The molecule has 2 fully saturated rings. The van der Waals surface area contributed by atoms with Gasteiger partial charge in [-0.3, -0.25) is 0 Å². The first-order valence-electron chi connectivity index (χ1n) is 21.9. The van der Waals surface area contributed by atoms with Gasteiger partial charge < -0.3 is 28.5 Å². The van der Waals surface area contributed by atoms with Crippen LogP contribution in [0.4, 0.5) is 0 Å². The maximum atomic E-state index is 12.3. The van der Waals surface area contributed by atoms with E-state index in [1.807, 2.05) is 26.8 Å². The minimum Gasteiger partial charge on any atom is -0.455 e. The predicted molar refractivity (Wildman–Crippen MR) is 216 cm³/mol. The number of hydrogen-bond acceptors (Lipinski definition) is 7. The molecule has 0 aromatic carbocycles. The quantitative estimate of drug-likeness (QED) is 0.0508. The zero-order chi connectivity index (χ0) is 38.2. The summed E-state index contributed by atoms with van der Waals surface area (Å²) in [6.45, 7) is 19.7. The predicted octanol–water partition coefficient (Wildman–Crippen LogP) is 11.9. The Kier molecular flexibility index (Phi) is 19.9. The Hall–Kier alpha value is -0.773. The van der Waals surface area contributed by atoms with E-state index < -0.39 is 20.2 Å². The second-order valence-corrected chi connectivity index (χ2v) is 23.3. The summed E-state index contributed by atoms with van der Waals surface area (Å²) >= 11 is 0. The van der Waals surface area contributed by atoms with Gasteiger partial charge in [0.05, 0.1) is 30.5 Å². The number of aliphatic hydroxyl groups is 1. The van der Waals surface area contributed by atoms with Crippen LogP contribution in [-0.2, 0) is 28.2 Å². The van der Waals surface area contributed by atoms with Crippen LogP contribution in [0.5, 0.6) is 0 Å². The van der Waals surface area contributed by atoms with Gasteiger partial charge >= 0.3 is 5.97 Å². The number of carbonyl (C=O) groups is 1. The van der Waals surface area contributed by atoms with Crippen LogP contribution in [0.25, 0.3) is 0 Å². The van der Waals surface area contributed by atoms with Gasteiger partial charge in [0.15, 0.2) is 14.1 Å². The molecule has 3 rings (SSSR count). The summed E-state index contributed by atoms with van der Waals surface area (Å²) in [5.74, 6) is -0.722. The Labute approximate surface area is 321 Å². The van der Waals surface area contributed by atoms with E-state index in [0.29, 0.717) is 12.8 Å². The Balaban J connectivity index is 1.28. The number of aliphatic hydroxyl groups excluding tert-OH is 1. The summed E-state index contributed by atoms with van der Waals surface area (Å²) < 4.78 is 31.2. The lowest BCUT2D eigenvalue weighted by molar-refractivity contribution is -0.148. The molecule has 0 radical (unpaired) electrons. The lowest BCUT2D eigenvalue weighted by Crippen LogP contribution is -2.44. The molecule has 3 heterocycles. The molecule has 0 aromatic rings. The zero-order valence-corrected chi connectivity index (χ0v) is 36.3. The molecule has 52 heavy (non-hydrogen) atoms. The standard InChI is InChI=1S/C44H82O7Si/c1-10-11-12-13-14-15-16-17-21-24-27-40-41(50-44(6,7)49-40)31-29-38(45)39-30-28-36(48-39)25-22-19-18-20-23-26-37(51-52(8,9)43(3,4)5)33-35-32-34(2)47-42(35)46/h32,34,36-41,45H,10-31,33H2,1-9H3/t34-,36-,37+,38+,39-,40+,41+/m0/s1. The van der Waals surface area contributed by atoms with E-state index in [1.54, 1.807) is 0 Å². The van der Waals surface area contributed by atoms with Crippen molar-refractivity contribution >= 4 is 14.3 Å². The number of unbranched alkanes of at least 4 members (excludes halogenated alkanes) is 13. The average Bonchev–Trinajstić information content (AvgIpc) is 3.75. The van der Waals surface area contributed by atoms with Crippen molar-refractivity contribution in [1.29, 1.82) is 0 Å². The van der Waals surface area contributed by atoms with Gasteiger partial charge in [-0.05, 0) is 89.9 Å². The molecule has 304 valence electrons. The third-order valence-corrected chi connectivity index (χ3v) is 16.7. The van der Waals surface area contributed by atoms with Gasteiger partial charge in [-0.1, -0.05) is 124 Å². The SMILES string of the molecule is CCCCCCCCCCCC[C@H]1OC(C)(C)O[C@@H]1CC[C@@H](O)[C@@H]1CC[C@H](CCCCCCC[C@H](CC2=C[C@H](C)OC2=O)O[Si](C)(C)C(C)(C)C)O1. The lowest BCUT2D eigenvalue weighted by Gasteiger charge is -2.39. The number of carbonyl (C=O) groups excluding carboxylic acids is 1. The van der Waals surface area contributed by atoms with Gasteiger partial charge in [-0.25, -0.2) is 4.79 Å². The number of hydrogen-bond donors (Lipinski definition) is 1. The van der Waals surface area contributed by atoms with Crippen LogP contribution in [0.1, 0.15) is 196 Å². The monoisotopic (exact) mass is 751 g/mol. The van der Waals surface area contributed by atoms with Crippen LogP contribution in [0.15, 0.2) is 11.6 Å². The van der Waals surface area contributed by atoms with E-state index >= 15 is 0 Å². The van der Waals surface area contributed by atoms with Crippen molar-refractivity contribution < 1.29 is 33.3 Å². The van der Waals surface area contributed by atoms with Gasteiger partial charge in [0.25, 0.3) is 0 Å². The maximum absolute atomic E-state index is 12.3. The molecular weight excluding hydrogens is 669 g/mol. The van der Waals surface area contributed by atoms with Crippen molar-refractivity contribution in [2.75, 3.05) is 0 Å². The Morgan fingerprint density at radius 3 is 1.96 bits per heavy atom. The molecule has 0 amide bonds.